The number of nitrogens with zero attached hydrogens (tertiary/aromatic N) is 2. The molecule has 298 valence electrons. The number of hydrogen-bond donors (Lipinski definition) is 2. The van der Waals surface area contributed by atoms with Crippen molar-refractivity contribution >= 4 is 60.6 Å². The Bertz CT molecular complexity index is 2230. The number of likely N-dealkylation sites (tertiary alicyclic amines) is 1. The number of aliphatic hydroxyl groups excluding tert-OH is 1. The maximum Gasteiger partial charge on any atom is 0.455 e. The molecule has 2 aromatic carbocycles. The second-order valence-electron chi connectivity index (χ2n) is 16.5. The van der Waals surface area contributed by atoms with Gasteiger partial charge in [0.25, 0.3) is 8.32 Å². The zero-order chi connectivity index (χ0) is 40.4. The first-order chi connectivity index (χ1) is 28.1. The predicted octanol–water partition coefficient (Wildman–Crippen LogP) is 7.12. The summed E-state index contributed by atoms with van der Waals surface area (Å²) in [6.07, 6.45) is 4.68. The van der Waals surface area contributed by atoms with Crippen LogP contribution in [0.2, 0.25) is 11.4 Å². The Morgan fingerprint density at radius 2 is 1.67 bits per heavy atom. The largest absolute Gasteiger partial charge is 0.459 e. The molecule has 0 unspecified atom stereocenters. The molecule has 0 radical (unpaired) electrons. The van der Waals surface area contributed by atoms with E-state index in [0.29, 0.717) is 30.8 Å². The summed E-state index contributed by atoms with van der Waals surface area (Å²) in [4.78, 5) is 35.8. The molecule has 2 fully saturated rings. The molecule has 2 saturated heterocycles. The van der Waals surface area contributed by atoms with Gasteiger partial charge in [0.1, 0.15) is 18.1 Å². The summed E-state index contributed by atoms with van der Waals surface area (Å²) < 4.78 is 19.9. The summed E-state index contributed by atoms with van der Waals surface area (Å²) in [5, 5.41) is 25.1. The average molecular weight is 813 g/mol. The lowest BCUT2D eigenvalue weighted by Crippen LogP contribution is -2.66. The first kappa shape index (κ1) is 40.1. The first-order valence-corrected chi connectivity index (χ1v) is 22.9. The molecular weight excluding hydrogens is 763 g/mol. The van der Waals surface area contributed by atoms with Gasteiger partial charge in [-0.05, 0) is 105 Å². The van der Waals surface area contributed by atoms with Gasteiger partial charge in [0.15, 0.2) is 0 Å². The Morgan fingerprint density at radius 1 is 0.948 bits per heavy atom. The van der Waals surface area contributed by atoms with Gasteiger partial charge in [0.2, 0.25) is 11.8 Å². The summed E-state index contributed by atoms with van der Waals surface area (Å²) in [7, 11) is -4.12. The predicted molar refractivity (Wildman–Crippen MR) is 229 cm³/mol. The topological polar surface area (TPSA) is 122 Å². The smallest absolute Gasteiger partial charge is 0.455 e. The molecule has 2 N–H and O–H groups in total. The van der Waals surface area contributed by atoms with Crippen LogP contribution in [0.4, 0.5) is 0 Å². The Labute approximate surface area is 345 Å². The Morgan fingerprint density at radius 3 is 2.29 bits per heavy atom. The van der Waals surface area contributed by atoms with E-state index in [2.05, 4.69) is 74.3 Å². The standard InChI is InChI=1S/C46H49BN2O7SSi/c1-46(2,3)58(36-14-6-4-7-15-36,37-16-8-5-9-17-37)54-30-32-26-38-43(45(52)49(44(38)51)28-35-13-12-24-57-35)39-27-47(53)56-41(42(32)39)22-19-31(40-18-10-11-23-48-40)25-33-20-21-34(29-50)55-33/h4-18,20-21,23-25,38-39,41,43,50,53H,19,22,26-30H2,1-3H3/b31-25-/t38-,39+,41-,43-/m1/s1. The third-order valence-electron chi connectivity index (χ3n) is 12.0. The normalized spacial score (nSPS) is 21.4. The van der Waals surface area contributed by atoms with Gasteiger partial charge in [0.05, 0.1) is 36.8 Å². The summed E-state index contributed by atoms with van der Waals surface area (Å²) in [5.74, 6) is -0.868. The lowest BCUT2D eigenvalue weighted by atomic mass is 9.58. The van der Waals surface area contributed by atoms with Crippen LogP contribution in [0.3, 0.4) is 0 Å². The van der Waals surface area contributed by atoms with E-state index in [-0.39, 0.29) is 42.9 Å². The Balaban J connectivity index is 1.21. The number of allylic oxidation sites excluding steroid dienone is 1. The molecule has 9 nitrogen and oxygen atoms in total. The van der Waals surface area contributed by atoms with Gasteiger partial charge in [-0.1, -0.05) is 93.6 Å². The van der Waals surface area contributed by atoms with Crippen LogP contribution in [0.15, 0.2) is 130 Å². The van der Waals surface area contributed by atoms with Crippen molar-refractivity contribution in [1.82, 2.24) is 9.88 Å². The number of aliphatic hydroxyl groups is 1. The van der Waals surface area contributed by atoms with Gasteiger partial charge in [-0.25, -0.2) is 0 Å². The highest BCUT2D eigenvalue weighted by molar-refractivity contribution is 7.09. The Hall–Kier alpha value is -4.69. The summed E-state index contributed by atoms with van der Waals surface area (Å²) in [5.41, 5.74) is 3.60. The molecule has 4 atom stereocenters. The molecule has 3 aromatic heterocycles. The van der Waals surface area contributed by atoms with E-state index in [1.807, 2.05) is 60.0 Å². The monoisotopic (exact) mass is 812 g/mol. The van der Waals surface area contributed by atoms with Gasteiger partial charge in [-0.15, -0.1) is 11.3 Å². The molecule has 5 aromatic rings. The van der Waals surface area contributed by atoms with Crippen LogP contribution >= 0.6 is 11.3 Å². The van der Waals surface area contributed by atoms with Crippen molar-refractivity contribution in [2.24, 2.45) is 17.8 Å². The third-order valence-corrected chi connectivity index (χ3v) is 17.8. The lowest BCUT2D eigenvalue weighted by molar-refractivity contribution is -0.140. The second kappa shape index (κ2) is 16.9. The van der Waals surface area contributed by atoms with Crippen LogP contribution in [0, 0.1) is 17.8 Å². The summed E-state index contributed by atoms with van der Waals surface area (Å²) >= 11 is 1.53. The van der Waals surface area contributed by atoms with Crippen molar-refractivity contribution < 1.29 is 33.2 Å². The minimum Gasteiger partial charge on any atom is -0.459 e. The number of amides is 2. The highest BCUT2D eigenvalue weighted by atomic mass is 32.1. The zero-order valence-corrected chi connectivity index (χ0v) is 34.9. The van der Waals surface area contributed by atoms with Crippen molar-refractivity contribution in [2.75, 3.05) is 6.61 Å². The average Bonchev–Trinajstić information content (AvgIpc) is 3.98. The number of benzene rings is 2. The molecule has 3 aliphatic rings. The van der Waals surface area contributed by atoms with Crippen LogP contribution in [0.25, 0.3) is 11.6 Å². The van der Waals surface area contributed by atoms with Crippen molar-refractivity contribution in [3.63, 3.8) is 0 Å². The molecule has 8 rings (SSSR count). The number of furan rings is 1. The molecule has 0 saturated carbocycles. The fraction of sp³-hybridized carbons (Fsp3) is 0.326. The minimum atomic E-state index is -3.00. The van der Waals surface area contributed by atoms with E-state index in [1.54, 1.807) is 12.3 Å². The molecule has 2 amide bonds. The van der Waals surface area contributed by atoms with Crippen molar-refractivity contribution in [1.29, 1.82) is 0 Å². The van der Waals surface area contributed by atoms with E-state index < -0.39 is 39.3 Å². The fourth-order valence-corrected chi connectivity index (χ4v) is 14.7. The number of aromatic nitrogens is 1. The molecule has 5 heterocycles. The van der Waals surface area contributed by atoms with Gasteiger partial charge in [0, 0.05) is 11.1 Å². The Kier molecular flexibility index (Phi) is 11.7. The highest BCUT2D eigenvalue weighted by Gasteiger charge is 2.58. The number of carbonyl (C=O) groups excluding carboxylic acids is 2. The van der Waals surface area contributed by atoms with Crippen molar-refractivity contribution in [3.05, 3.63) is 148 Å². The maximum atomic E-state index is 14.4. The molecule has 58 heavy (non-hydrogen) atoms. The van der Waals surface area contributed by atoms with Gasteiger partial charge in [-0.2, -0.15) is 0 Å². The van der Waals surface area contributed by atoms with Gasteiger partial charge >= 0.3 is 7.12 Å². The first-order valence-electron chi connectivity index (χ1n) is 20.1. The molecule has 0 bridgehead atoms. The number of imide groups is 1. The number of rotatable bonds is 13. The number of pyridine rings is 1. The van der Waals surface area contributed by atoms with Crippen LogP contribution in [-0.4, -0.2) is 60.0 Å². The van der Waals surface area contributed by atoms with E-state index in [9.17, 15) is 19.7 Å². The molecule has 0 spiro atoms. The van der Waals surface area contributed by atoms with Crippen molar-refractivity contribution in [2.45, 2.75) is 70.6 Å². The van der Waals surface area contributed by atoms with Crippen LogP contribution in [0.5, 0.6) is 0 Å². The number of thiophene rings is 1. The summed E-state index contributed by atoms with van der Waals surface area (Å²) in [6, 6.07) is 34.2. The molecule has 1 aliphatic carbocycles. The molecule has 12 heteroatoms. The molecular formula is C46H49BN2O7SSi. The number of carbonyl (C=O) groups is 2. The van der Waals surface area contributed by atoms with Gasteiger partial charge in [-0.3, -0.25) is 19.5 Å². The van der Waals surface area contributed by atoms with E-state index >= 15 is 0 Å². The zero-order valence-electron chi connectivity index (χ0n) is 33.1. The van der Waals surface area contributed by atoms with Crippen molar-refractivity contribution in [3.8, 4) is 0 Å². The summed E-state index contributed by atoms with van der Waals surface area (Å²) in [6.45, 7) is 7.02. The van der Waals surface area contributed by atoms with E-state index in [0.717, 1.165) is 37.7 Å². The third kappa shape index (κ3) is 7.77. The number of hydrogen-bond acceptors (Lipinski definition) is 9. The lowest BCUT2D eigenvalue weighted by Gasteiger charge is -2.46. The van der Waals surface area contributed by atoms with Gasteiger partial charge < -0.3 is 23.6 Å². The molecule has 2 aliphatic heterocycles. The fourth-order valence-electron chi connectivity index (χ4n) is 9.48. The number of fused-ring (bicyclic) bond motifs is 3. The SMILES string of the molecule is CC(C)(C)[Si](OCC1=C2[C@@H](CC/C(=C/c3ccc(CO)o3)c3ccccn3)OB(O)C[C@@H]2[C@@H]2C(=O)N(Cc3cccs3)C(=O)[C@@H]2C1)(c1ccccc1)c1ccccc1. The van der Waals surface area contributed by atoms with E-state index in [1.165, 1.54) is 16.2 Å². The maximum absolute atomic E-state index is 14.4. The van der Waals surface area contributed by atoms with Crippen LogP contribution in [-0.2, 0) is 31.8 Å². The van der Waals surface area contributed by atoms with Crippen LogP contribution < -0.4 is 10.4 Å². The second-order valence-corrected chi connectivity index (χ2v) is 21.8. The minimum absolute atomic E-state index is 0.163. The quantitative estimate of drug-likeness (QED) is 0.0733. The van der Waals surface area contributed by atoms with E-state index in [4.69, 9.17) is 13.5 Å². The van der Waals surface area contributed by atoms with Crippen LogP contribution in [0.1, 0.15) is 62.1 Å². The highest BCUT2D eigenvalue weighted by Crippen LogP contribution is 2.51.